The van der Waals surface area contributed by atoms with Gasteiger partial charge < -0.3 is 28.7 Å². The summed E-state index contributed by atoms with van der Waals surface area (Å²) in [5.41, 5.74) is -0.738. The summed E-state index contributed by atoms with van der Waals surface area (Å²) in [5, 5.41) is 9.27. The molecule has 2 N–H and O–H groups in total. The van der Waals surface area contributed by atoms with Gasteiger partial charge >= 0.3 is 13.7 Å². The van der Waals surface area contributed by atoms with Crippen LogP contribution in [-0.4, -0.2) is 58.0 Å². The normalized spacial score (nSPS) is 17.8. The van der Waals surface area contributed by atoms with Gasteiger partial charge in [-0.2, -0.15) is 4.67 Å². The lowest BCUT2D eigenvalue weighted by atomic mass is 10.1. The van der Waals surface area contributed by atoms with Crippen molar-refractivity contribution in [1.29, 1.82) is 0 Å². The number of ether oxygens (including phenoxy) is 1. The number of rotatable bonds is 5. The molecule has 0 aliphatic carbocycles. The molecule has 5 rings (SSSR count). The Morgan fingerprint density at radius 1 is 1.12 bits per heavy atom. The lowest BCUT2D eigenvalue weighted by molar-refractivity contribution is 0.0694. The Bertz CT molecular complexity index is 1390. The van der Waals surface area contributed by atoms with Crippen LogP contribution in [0.25, 0.3) is 10.9 Å². The smallest absolute Gasteiger partial charge is 0.458 e. The van der Waals surface area contributed by atoms with E-state index in [1.54, 1.807) is 39.8 Å². The van der Waals surface area contributed by atoms with Crippen molar-refractivity contribution < 1.29 is 33.0 Å². The SMILES string of the molecule is O=C(O)c1cn2c3c(c(N4CCN(P(=O)(O)Oc5ccccc5)CC4)c(F)cc3c1=O)OCC2. The maximum absolute atomic E-state index is 15.3. The molecule has 1 aromatic heterocycles. The number of anilines is 1. The highest BCUT2D eigenvalue weighted by atomic mass is 31.2. The Kier molecular flexibility index (Phi) is 5.55. The van der Waals surface area contributed by atoms with Gasteiger partial charge in [0, 0.05) is 32.4 Å². The first kappa shape index (κ1) is 22.4. The third kappa shape index (κ3) is 3.81. The Labute approximate surface area is 192 Å². The first-order chi connectivity index (χ1) is 16.3. The number of benzene rings is 2. The van der Waals surface area contributed by atoms with Gasteiger partial charge in [0.2, 0.25) is 5.43 Å². The average molecular weight is 489 g/mol. The minimum absolute atomic E-state index is 0.0643. The zero-order valence-electron chi connectivity index (χ0n) is 17.9. The van der Waals surface area contributed by atoms with Crippen molar-refractivity contribution in [3.63, 3.8) is 0 Å². The van der Waals surface area contributed by atoms with Crippen LogP contribution in [0.15, 0.2) is 47.4 Å². The molecule has 1 unspecified atom stereocenters. The predicted molar refractivity (Wildman–Crippen MR) is 121 cm³/mol. The minimum atomic E-state index is -4.12. The van der Waals surface area contributed by atoms with Crippen molar-refractivity contribution >= 4 is 30.3 Å². The van der Waals surface area contributed by atoms with E-state index in [0.717, 1.165) is 6.07 Å². The maximum Gasteiger partial charge on any atom is 0.458 e. The Morgan fingerprint density at radius 3 is 2.50 bits per heavy atom. The van der Waals surface area contributed by atoms with E-state index in [9.17, 15) is 24.2 Å². The van der Waals surface area contributed by atoms with Crippen molar-refractivity contribution in [3.8, 4) is 11.5 Å². The molecule has 178 valence electrons. The zero-order valence-corrected chi connectivity index (χ0v) is 18.8. The minimum Gasteiger partial charge on any atom is -0.487 e. The van der Waals surface area contributed by atoms with Crippen molar-refractivity contribution in [1.82, 2.24) is 9.24 Å². The van der Waals surface area contributed by atoms with Crippen LogP contribution in [0.4, 0.5) is 10.1 Å². The van der Waals surface area contributed by atoms with E-state index in [0.29, 0.717) is 12.1 Å². The molecule has 12 heteroatoms. The quantitative estimate of drug-likeness (QED) is 0.521. The Morgan fingerprint density at radius 2 is 1.82 bits per heavy atom. The van der Waals surface area contributed by atoms with Gasteiger partial charge in [-0.25, -0.2) is 13.8 Å². The van der Waals surface area contributed by atoms with Crippen molar-refractivity contribution in [2.45, 2.75) is 6.54 Å². The number of piperazine rings is 1. The van der Waals surface area contributed by atoms with Gasteiger partial charge in [0.1, 0.15) is 23.6 Å². The number of hydrogen-bond acceptors (Lipinski definition) is 6. The number of para-hydroxylation sites is 1. The van der Waals surface area contributed by atoms with Gasteiger partial charge in [-0.05, 0) is 18.2 Å². The lowest BCUT2D eigenvalue weighted by Crippen LogP contribution is -2.46. The fraction of sp³-hybridized carbons (Fsp3) is 0.273. The monoisotopic (exact) mass is 489 g/mol. The fourth-order valence-corrected chi connectivity index (χ4v) is 5.54. The lowest BCUT2D eigenvalue weighted by Gasteiger charge is -2.38. The molecule has 1 atom stereocenters. The van der Waals surface area contributed by atoms with E-state index in [2.05, 4.69) is 0 Å². The van der Waals surface area contributed by atoms with Gasteiger partial charge in [0.05, 0.1) is 17.4 Å². The standard InChI is InChI=1S/C22H21FN3O7P/c23-17-12-15-18-21(32-11-10-25(18)13-16(20(15)27)22(28)29)19(17)24-6-8-26(9-7-24)34(30,31)33-14-4-2-1-3-5-14/h1-5,12-13H,6-11H2,(H,28,29)(H,30,31). The number of carboxylic acid groups (broad SMARTS) is 1. The molecule has 34 heavy (non-hydrogen) atoms. The highest BCUT2D eigenvalue weighted by Crippen LogP contribution is 2.48. The van der Waals surface area contributed by atoms with E-state index in [4.69, 9.17) is 9.26 Å². The van der Waals surface area contributed by atoms with Crippen LogP contribution < -0.4 is 19.6 Å². The maximum atomic E-state index is 15.3. The predicted octanol–water partition coefficient (Wildman–Crippen LogP) is 2.53. The summed E-state index contributed by atoms with van der Waals surface area (Å²) in [5.74, 6) is -1.67. The number of carbonyl (C=O) groups is 1. The summed E-state index contributed by atoms with van der Waals surface area (Å²) in [6.07, 6.45) is 1.25. The fourth-order valence-electron chi connectivity index (χ4n) is 4.34. The third-order valence-electron chi connectivity index (χ3n) is 5.95. The van der Waals surface area contributed by atoms with Gasteiger partial charge in [0.25, 0.3) is 0 Å². The second-order valence-corrected chi connectivity index (χ2v) is 9.72. The molecular formula is C22H21FN3O7P. The summed E-state index contributed by atoms with van der Waals surface area (Å²) in [7, 11) is -4.12. The molecule has 3 heterocycles. The summed E-state index contributed by atoms with van der Waals surface area (Å²) >= 11 is 0. The molecule has 0 radical (unpaired) electrons. The van der Waals surface area contributed by atoms with E-state index in [-0.39, 0.29) is 55.4 Å². The molecule has 1 fully saturated rings. The van der Waals surface area contributed by atoms with Gasteiger partial charge in [-0.3, -0.25) is 4.79 Å². The van der Waals surface area contributed by atoms with Gasteiger partial charge in [-0.15, -0.1) is 0 Å². The molecule has 0 spiro atoms. The third-order valence-corrected chi connectivity index (χ3v) is 7.51. The van der Waals surface area contributed by atoms with E-state index in [1.807, 2.05) is 0 Å². The molecule has 1 saturated heterocycles. The second-order valence-electron chi connectivity index (χ2n) is 7.99. The van der Waals surface area contributed by atoms with Crippen molar-refractivity contribution in [2.24, 2.45) is 0 Å². The molecule has 2 aliphatic rings. The number of pyridine rings is 1. The van der Waals surface area contributed by atoms with Crippen LogP contribution in [0.5, 0.6) is 11.5 Å². The number of hydrogen-bond donors (Lipinski definition) is 2. The summed E-state index contributed by atoms with van der Waals surface area (Å²) < 4.78 is 42.0. The highest BCUT2D eigenvalue weighted by Gasteiger charge is 2.36. The summed E-state index contributed by atoms with van der Waals surface area (Å²) in [6, 6.07) is 9.36. The Balaban J connectivity index is 1.45. The molecule has 3 aromatic rings. The molecular weight excluding hydrogens is 468 g/mol. The number of halogens is 1. The number of aromatic carboxylic acids is 1. The molecule has 10 nitrogen and oxygen atoms in total. The highest BCUT2D eigenvalue weighted by molar-refractivity contribution is 7.50. The molecule has 0 saturated carbocycles. The van der Waals surface area contributed by atoms with E-state index < -0.39 is 30.5 Å². The molecule has 0 bridgehead atoms. The van der Waals surface area contributed by atoms with E-state index >= 15 is 4.39 Å². The summed E-state index contributed by atoms with van der Waals surface area (Å²) in [6.45, 7) is 1.16. The first-order valence-electron chi connectivity index (χ1n) is 10.6. The number of aromatic nitrogens is 1. The number of carboxylic acids is 1. The molecule has 0 amide bonds. The van der Waals surface area contributed by atoms with Crippen LogP contribution in [0, 0.1) is 5.82 Å². The van der Waals surface area contributed by atoms with Crippen LogP contribution in [0.2, 0.25) is 0 Å². The zero-order chi connectivity index (χ0) is 24.0. The average Bonchev–Trinajstić information content (AvgIpc) is 2.81. The Hall–Kier alpha value is -3.40. The topological polar surface area (TPSA) is 122 Å². The van der Waals surface area contributed by atoms with Crippen LogP contribution in [0.3, 0.4) is 0 Å². The molecule has 2 aromatic carbocycles. The van der Waals surface area contributed by atoms with E-state index in [1.165, 1.54) is 10.9 Å². The number of nitrogens with zero attached hydrogens (tertiary/aromatic N) is 3. The molecule has 2 aliphatic heterocycles. The van der Waals surface area contributed by atoms with Gasteiger partial charge in [0.15, 0.2) is 11.6 Å². The summed E-state index contributed by atoms with van der Waals surface area (Å²) in [4.78, 5) is 36.2. The van der Waals surface area contributed by atoms with Crippen molar-refractivity contribution in [3.05, 3.63) is 64.2 Å². The van der Waals surface area contributed by atoms with Crippen LogP contribution in [-0.2, 0) is 11.1 Å². The first-order valence-corrected chi connectivity index (χ1v) is 12.1. The van der Waals surface area contributed by atoms with Crippen molar-refractivity contribution in [2.75, 3.05) is 37.7 Å². The second kappa shape index (κ2) is 8.43. The van der Waals surface area contributed by atoms with Crippen LogP contribution >= 0.6 is 7.75 Å². The largest absolute Gasteiger partial charge is 0.487 e. The van der Waals surface area contributed by atoms with Crippen LogP contribution in [0.1, 0.15) is 10.4 Å². The van der Waals surface area contributed by atoms with Gasteiger partial charge in [-0.1, -0.05) is 18.2 Å².